The first-order valence-electron chi connectivity index (χ1n) is 8.05. The van der Waals surface area contributed by atoms with E-state index in [0.717, 1.165) is 12.8 Å². The standard InChI is InChI=1S/C17H21FN2O3S/c1-11(21)19-10-14-9-17(20-23-14)13-2-3-15(16(18)8-13)12-4-6-24(22)7-5-12/h2-3,8-9,12,14,20H,4-7,10H2,1H3,(H,19,21). The van der Waals surface area contributed by atoms with Crippen molar-refractivity contribution in [1.29, 1.82) is 0 Å². The van der Waals surface area contributed by atoms with Gasteiger partial charge >= 0.3 is 0 Å². The molecule has 1 unspecified atom stereocenters. The Hall–Kier alpha value is -1.73. The summed E-state index contributed by atoms with van der Waals surface area (Å²) in [5.41, 5.74) is 4.88. The summed E-state index contributed by atoms with van der Waals surface area (Å²) in [5.74, 6) is 1.09. The van der Waals surface area contributed by atoms with Crippen LogP contribution in [0.2, 0.25) is 0 Å². The molecule has 2 aliphatic rings. The minimum absolute atomic E-state index is 0.121. The molecule has 1 fully saturated rings. The quantitative estimate of drug-likeness (QED) is 0.868. The Morgan fingerprint density at radius 3 is 2.83 bits per heavy atom. The maximum atomic E-state index is 14.5. The van der Waals surface area contributed by atoms with Gasteiger partial charge in [-0.25, -0.2) is 4.39 Å². The number of amides is 1. The Kier molecular flexibility index (Phi) is 5.30. The van der Waals surface area contributed by atoms with Gasteiger partial charge in [-0.1, -0.05) is 12.1 Å². The van der Waals surface area contributed by atoms with E-state index in [4.69, 9.17) is 4.84 Å². The van der Waals surface area contributed by atoms with Crippen LogP contribution in [0.15, 0.2) is 24.3 Å². The summed E-state index contributed by atoms with van der Waals surface area (Å²) in [4.78, 5) is 16.3. The van der Waals surface area contributed by atoms with Gasteiger partial charge in [0.1, 0.15) is 11.9 Å². The van der Waals surface area contributed by atoms with Crippen molar-refractivity contribution in [3.8, 4) is 0 Å². The molecule has 5 nitrogen and oxygen atoms in total. The maximum absolute atomic E-state index is 14.5. The van der Waals surface area contributed by atoms with Crippen LogP contribution in [-0.4, -0.2) is 34.3 Å². The van der Waals surface area contributed by atoms with E-state index < -0.39 is 10.8 Å². The molecule has 1 amide bonds. The number of benzene rings is 1. The highest BCUT2D eigenvalue weighted by atomic mass is 32.2. The minimum atomic E-state index is -0.745. The van der Waals surface area contributed by atoms with Crippen molar-refractivity contribution in [2.24, 2.45) is 0 Å². The number of hydrogen-bond donors (Lipinski definition) is 2. The summed E-state index contributed by atoms with van der Waals surface area (Å²) >= 11 is 0. The lowest BCUT2D eigenvalue weighted by molar-refractivity contribution is -0.119. The van der Waals surface area contributed by atoms with Crippen LogP contribution < -0.4 is 10.8 Å². The van der Waals surface area contributed by atoms with Gasteiger partial charge in [0.25, 0.3) is 0 Å². The molecule has 0 saturated carbocycles. The van der Waals surface area contributed by atoms with E-state index in [0.29, 0.717) is 34.9 Å². The lowest BCUT2D eigenvalue weighted by atomic mass is 9.92. The minimum Gasteiger partial charge on any atom is -0.353 e. The van der Waals surface area contributed by atoms with Gasteiger partial charge in [0.2, 0.25) is 5.91 Å². The molecule has 1 saturated heterocycles. The molecule has 130 valence electrons. The summed E-state index contributed by atoms with van der Waals surface area (Å²) in [6, 6.07) is 5.18. The van der Waals surface area contributed by atoms with Crippen molar-refractivity contribution in [2.45, 2.75) is 31.8 Å². The number of carbonyl (C=O) groups is 1. The van der Waals surface area contributed by atoms with E-state index in [1.807, 2.05) is 18.2 Å². The highest BCUT2D eigenvalue weighted by Gasteiger charge is 2.23. The molecule has 24 heavy (non-hydrogen) atoms. The third kappa shape index (κ3) is 4.02. The van der Waals surface area contributed by atoms with E-state index in [9.17, 15) is 13.4 Å². The van der Waals surface area contributed by atoms with Gasteiger partial charge < -0.3 is 5.32 Å². The van der Waals surface area contributed by atoms with Crippen LogP contribution in [0.25, 0.3) is 5.70 Å². The third-order valence-corrected chi connectivity index (χ3v) is 5.75. The van der Waals surface area contributed by atoms with Gasteiger partial charge in [0, 0.05) is 34.8 Å². The average Bonchev–Trinajstić information content (AvgIpc) is 3.03. The van der Waals surface area contributed by atoms with Crippen molar-refractivity contribution >= 4 is 22.4 Å². The van der Waals surface area contributed by atoms with Crippen molar-refractivity contribution in [3.05, 3.63) is 41.2 Å². The van der Waals surface area contributed by atoms with Crippen LogP contribution in [0.3, 0.4) is 0 Å². The molecule has 0 spiro atoms. The van der Waals surface area contributed by atoms with Crippen LogP contribution >= 0.6 is 0 Å². The Labute approximate surface area is 143 Å². The van der Waals surface area contributed by atoms with Gasteiger partial charge in [0.15, 0.2) is 0 Å². The first-order valence-corrected chi connectivity index (χ1v) is 9.54. The Morgan fingerprint density at radius 2 is 2.17 bits per heavy atom. The monoisotopic (exact) mass is 352 g/mol. The molecule has 3 rings (SSSR count). The van der Waals surface area contributed by atoms with Crippen molar-refractivity contribution in [2.75, 3.05) is 18.1 Å². The fraction of sp³-hybridized carbons (Fsp3) is 0.471. The van der Waals surface area contributed by atoms with Crippen LogP contribution in [0.4, 0.5) is 4.39 Å². The number of carbonyl (C=O) groups excluding carboxylic acids is 1. The smallest absolute Gasteiger partial charge is 0.216 e. The Morgan fingerprint density at radius 1 is 1.42 bits per heavy atom. The van der Waals surface area contributed by atoms with E-state index in [2.05, 4.69) is 10.8 Å². The number of hydrogen-bond acceptors (Lipinski definition) is 4. The fourth-order valence-corrected chi connectivity index (χ4v) is 4.32. The first kappa shape index (κ1) is 17.1. The third-order valence-electron chi connectivity index (χ3n) is 4.36. The molecule has 0 bridgehead atoms. The lowest BCUT2D eigenvalue weighted by Crippen LogP contribution is -2.30. The highest BCUT2D eigenvalue weighted by molar-refractivity contribution is 7.85. The summed E-state index contributed by atoms with van der Waals surface area (Å²) in [6.07, 6.45) is 3.09. The van der Waals surface area contributed by atoms with E-state index in [-0.39, 0.29) is 23.7 Å². The van der Waals surface area contributed by atoms with Gasteiger partial charge in [-0.15, -0.1) is 0 Å². The fourth-order valence-electron chi connectivity index (χ4n) is 3.02. The van der Waals surface area contributed by atoms with Gasteiger partial charge in [-0.05, 0) is 36.5 Å². The predicted octanol–water partition coefficient (Wildman–Crippen LogP) is 1.83. The van der Waals surface area contributed by atoms with E-state index in [1.54, 1.807) is 0 Å². The highest BCUT2D eigenvalue weighted by Crippen LogP contribution is 2.31. The summed E-state index contributed by atoms with van der Waals surface area (Å²) in [5, 5.41) is 2.68. The van der Waals surface area contributed by atoms with Crippen LogP contribution in [0, 0.1) is 5.82 Å². The summed E-state index contributed by atoms with van der Waals surface area (Å²) in [6.45, 7) is 1.81. The second kappa shape index (κ2) is 7.44. The van der Waals surface area contributed by atoms with Gasteiger partial charge in [-0.2, -0.15) is 0 Å². The number of halogens is 1. The van der Waals surface area contributed by atoms with Gasteiger partial charge in [-0.3, -0.25) is 19.3 Å². The van der Waals surface area contributed by atoms with Crippen LogP contribution in [0.5, 0.6) is 0 Å². The van der Waals surface area contributed by atoms with Crippen LogP contribution in [-0.2, 0) is 20.4 Å². The first-order chi connectivity index (χ1) is 11.5. The molecule has 0 radical (unpaired) electrons. The van der Waals surface area contributed by atoms with Crippen molar-refractivity contribution in [3.63, 3.8) is 0 Å². The molecule has 2 aliphatic heterocycles. The molecule has 0 aromatic heterocycles. The number of nitrogens with one attached hydrogen (secondary N) is 2. The lowest BCUT2D eigenvalue weighted by Gasteiger charge is -2.22. The number of hydroxylamine groups is 1. The van der Waals surface area contributed by atoms with Crippen molar-refractivity contribution < 1.29 is 18.2 Å². The van der Waals surface area contributed by atoms with E-state index >= 15 is 0 Å². The van der Waals surface area contributed by atoms with Crippen LogP contribution in [0.1, 0.15) is 36.8 Å². The maximum Gasteiger partial charge on any atom is 0.216 e. The molecular formula is C17H21FN2O3S. The largest absolute Gasteiger partial charge is 0.353 e. The van der Waals surface area contributed by atoms with E-state index in [1.165, 1.54) is 13.0 Å². The molecule has 1 aromatic rings. The Balaban J connectivity index is 1.69. The molecule has 2 N–H and O–H groups in total. The molecular weight excluding hydrogens is 331 g/mol. The predicted molar refractivity (Wildman–Crippen MR) is 90.9 cm³/mol. The Bertz CT molecular complexity index is 682. The molecule has 1 atom stereocenters. The zero-order valence-corrected chi connectivity index (χ0v) is 14.3. The van der Waals surface area contributed by atoms with Gasteiger partial charge in [0.05, 0.1) is 12.2 Å². The normalized spacial score (nSPS) is 26.6. The zero-order valence-electron chi connectivity index (χ0n) is 13.5. The topological polar surface area (TPSA) is 67.4 Å². The zero-order chi connectivity index (χ0) is 17.1. The number of rotatable bonds is 4. The second-order valence-electron chi connectivity index (χ2n) is 6.13. The average molecular weight is 352 g/mol. The second-order valence-corrected chi connectivity index (χ2v) is 7.83. The molecule has 1 aromatic carbocycles. The molecule has 2 heterocycles. The summed E-state index contributed by atoms with van der Waals surface area (Å²) in [7, 11) is -0.745. The SMILES string of the molecule is CC(=O)NCC1C=C(c2ccc(C3CCS(=O)CC3)c(F)c2)NO1. The van der Waals surface area contributed by atoms with Crippen molar-refractivity contribution in [1.82, 2.24) is 10.8 Å². The summed E-state index contributed by atoms with van der Waals surface area (Å²) < 4.78 is 25.9. The molecule has 7 heteroatoms. The molecule has 0 aliphatic carbocycles.